The first kappa shape index (κ1) is 20.3. The lowest BCUT2D eigenvalue weighted by atomic mass is 9.91. The van der Waals surface area contributed by atoms with Crippen molar-refractivity contribution in [2.24, 2.45) is 5.14 Å². The highest BCUT2D eigenvalue weighted by molar-refractivity contribution is 7.89. The molecular weight excluding hydrogens is 386 g/mol. The van der Waals surface area contributed by atoms with Gasteiger partial charge in [0.1, 0.15) is 0 Å². The fourth-order valence-electron chi connectivity index (χ4n) is 4.42. The third kappa shape index (κ3) is 4.64. The number of anilines is 1. The third-order valence-electron chi connectivity index (χ3n) is 6.04. The van der Waals surface area contributed by atoms with Crippen molar-refractivity contribution in [3.05, 3.63) is 59.2 Å². The van der Waals surface area contributed by atoms with Crippen molar-refractivity contribution in [1.29, 1.82) is 0 Å². The lowest BCUT2D eigenvalue weighted by Crippen LogP contribution is -2.47. The van der Waals surface area contributed by atoms with Gasteiger partial charge in [-0.1, -0.05) is 18.2 Å². The van der Waals surface area contributed by atoms with Crippen LogP contribution in [0.5, 0.6) is 0 Å². The Morgan fingerprint density at radius 1 is 1.07 bits per heavy atom. The van der Waals surface area contributed by atoms with E-state index in [4.69, 9.17) is 9.88 Å². The van der Waals surface area contributed by atoms with E-state index in [0.717, 1.165) is 57.9 Å². The second kappa shape index (κ2) is 8.44. The van der Waals surface area contributed by atoms with Crippen LogP contribution in [0.4, 0.5) is 5.69 Å². The van der Waals surface area contributed by atoms with Crippen LogP contribution in [0.15, 0.2) is 47.4 Å². The Labute approximate surface area is 173 Å². The summed E-state index contributed by atoms with van der Waals surface area (Å²) in [5, 5.41) is 5.18. The van der Waals surface area contributed by atoms with E-state index in [0.29, 0.717) is 0 Å². The Morgan fingerprint density at radius 2 is 1.79 bits per heavy atom. The fraction of sp³-hybridized carbons (Fsp3) is 0.455. The van der Waals surface area contributed by atoms with E-state index in [1.54, 1.807) is 12.1 Å². The standard InChI is InChI=1S/C22H29N3O3S/c1-17-3-2-4-18-10-16-28-21(22(17)18)9-11-24-12-14-25(15-13-24)19-5-7-20(8-6-19)29(23,26)27/h2-8,21H,9-16H2,1H3,(H2,23,26,27)/t21-/m1/s1. The van der Waals surface area contributed by atoms with Gasteiger partial charge in [0.15, 0.2) is 0 Å². The number of hydrogen-bond donors (Lipinski definition) is 1. The van der Waals surface area contributed by atoms with Crippen molar-refractivity contribution in [1.82, 2.24) is 4.90 Å². The number of sulfonamides is 1. The molecule has 0 radical (unpaired) electrons. The van der Waals surface area contributed by atoms with Crippen molar-refractivity contribution >= 4 is 15.7 Å². The van der Waals surface area contributed by atoms with Gasteiger partial charge in [-0.2, -0.15) is 0 Å². The first-order valence-corrected chi connectivity index (χ1v) is 11.8. The first-order chi connectivity index (χ1) is 13.9. The molecule has 7 heteroatoms. The predicted octanol–water partition coefficient (Wildman–Crippen LogP) is 2.47. The molecule has 156 valence electrons. The van der Waals surface area contributed by atoms with Gasteiger partial charge in [0.05, 0.1) is 17.6 Å². The molecule has 0 aromatic heterocycles. The Hall–Kier alpha value is -1.93. The molecule has 6 nitrogen and oxygen atoms in total. The van der Waals surface area contributed by atoms with Crippen LogP contribution < -0.4 is 10.0 Å². The molecule has 0 spiro atoms. The van der Waals surface area contributed by atoms with Crippen molar-refractivity contribution in [2.75, 3.05) is 44.2 Å². The molecule has 1 fully saturated rings. The molecule has 2 aliphatic rings. The van der Waals surface area contributed by atoms with Crippen molar-refractivity contribution in [3.8, 4) is 0 Å². The van der Waals surface area contributed by atoms with E-state index in [9.17, 15) is 8.42 Å². The second-order valence-corrected chi connectivity index (χ2v) is 9.47. The number of piperazine rings is 1. The van der Waals surface area contributed by atoms with Gasteiger partial charge in [-0.15, -0.1) is 0 Å². The fourth-order valence-corrected chi connectivity index (χ4v) is 4.93. The smallest absolute Gasteiger partial charge is 0.238 e. The highest BCUT2D eigenvalue weighted by Crippen LogP contribution is 2.32. The lowest BCUT2D eigenvalue weighted by molar-refractivity contribution is 0.0284. The Morgan fingerprint density at radius 3 is 2.48 bits per heavy atom. The van der Waals surface area contributed by atoms with Crippen LogP contribution in [-0.2, 0) is 21.2 Å². The second-order valence-electron chi connectivity index (χ2n) is 7.91. The summed E-state index contributed by atoms with van der Waals surface area (Å²) in [7, 11) is -3.64. The van der Waals surface area contributed by atoms with Crippen LogP contribution in [0, 0.1) is 6.92 Å². The SMILES string of the molecule is Cc1cccc2c1[C@@H](CCN1CCN(c3ccc(S(N)(=O)=O)cc3)CC1)OCC2. The lowest BCUT2D eigenvalue weighted by Gasteiger charge is -2.37. The summed E-state index contributed by atoms with van der Waals surface area (Å²) in [6.45, 7) is 7.85. The van der Waals surface area contributed by atoms with Crippen LogP contribution in [0.2, 0.25) is 0 Å². The van der Waals surface area contributed by atoms with Gasteiger partial charge in [-0.25, -0.2) is 13.6 Å². The number of benzene rings is 2. The summed E-state index contributed by atoms with van der Waals surface area (Å²) in [5.41, 5.74) is 5.21. The molecule has 2 N–H and O–H groups in total. The molecule has 1 atom stereocenters. The highest BCUT2D eigenvalue weighted by Gasteiger charge is 2.24. The first-order valence-electron chi connectivity index (χ1n) is 10.2. The largest absolute Gasteiger partial charge is 0.373 e. The minimum atomic E-state index is -3.64. The van der Waals surface area contributed by atoms with Gasteiger partial charge >= 0.3 is 0 Å². The molecule has 4 rings (SSSR count). The number of rotatable bonds is 5. The molecule has 29 heavy (non-hydrogen) atoms. The topological polar surface area (TPSA) is 75.9 Å². The molecule has 0 amide bonds. The van der Waals surface area contributed by atoms with E-state index in [-0.39, 0.29) is 11.0 Å². The minimum absolute atomic E-state index is 0.156. The Bertz CT molecular complexity index is 952. The van der Waals surface area contributed by atoms with E-state index in [1.165, 1.54) is 16.7 Å². The zero-order valence-electron chi connectivity index (χ0n) is 16.9. The molecule has 2 aliphatic heterocycles. The number of ether oxygens (including phenoxy) is 1. The predicted molar refractivity (Wildman–Crippen MR) is 115 cm³/mol. The van der Waals surface area contributed by atoms with Crippen LogP contribution in [-0.4, -0.2) is 52.6 Å². The van der Waals surface area contributed by atoms with E-state index in [1.807, 2.05) is 12.1 Å². The summed E-state index contributed by atoms with van der Waals surface area (Å²) in [6, 6.07) is 13.4. The number of fused-ring (bicyclic) bond motifs is 1. The van der Waals surface area contributed by atoms with Crippen LogP contribution in [0.1, 0.15) is 29.2 Å². The van der Waals surface area contributed by atoms with Gasteiger partial charge < -0.3 is 9.64 Å². The molecule has 0 aliphatic carbocycles. The Kier molecular flexibility index (Phi) is 5.92. The maximum Gasteiger partial charge on any atom is 0.238 e. The van der Waals surface area contributed by atoms with Crippen LogP contribution in [0.25, 0.3) is 0 Å². The van der Waals surface area contributed by atoms with E-state index < -0.39 is 10.0 Å². The normalized spacial score (nSPS) is 20.5. The monoisotopic (exact) mass is 415 g/mol. The highest BCUT2D eigenvalue weighted by atomic mass is 32.2. The summed E-state index contributed by atoms with van der Waals surface area (Å²) in [5.74, 6) is 0. The van der Waals surface area contributed by atoms with Crippen molar-refractivity contribution < 1.29 is 13.2 Å². The molecule has 0 saturated carbocycles. The van der Waals surface area contributed by atoms with Gasteiger partial charge in [-0.05, 0) is 60.7 Å². The molecule has 2 heterocycles. The molecule has 2 aromatic carbocycles. The quantitative estimate of drug-likeness (QED) is 0.812. The third-order valence-corrected chi connectivity index (χ3v) is 6.97. The number of nitrogens with zero attached hydrogens (tertiary/aromatic N) is 2. The molecule has 0 bridgehead atoms. The zero-order chi connectivity index (χ0) is 20.4. The minimum Gasteiger partial charge on any atom is -0.373 e. The summed E-state index contributed by atoms with van der Waals surface area (Å²) in [6.07, 6.45) is 2.22. The van der Waals surface area contributed by atoms with Gasteiger partial charge in [0, 0.05) is 38.4 Å². The average molecular weight is 416 g/mol. The van der Waals surface area contributed by atoms with E-state index >= 15 is 0 Å². The summed E-state index contributed by atoms with van der Waals surface area (Å²) >= 11 is 0. The average Bonchev–Trinajstić information content (AvgIpc) is 2.72. The number of nitrogens with two attached hydrogens (primary N) is 1. The summed E-state index contributed by atoms with van der Waals surface area (Å²) in [4.78, 5) is 4.94. The van der Waals surface area contributed by atoms with Crippen LogP contribution in [0.3, 0.4) is 0 Å². The maximum atomic E-state index is 11.4. The number of primary sulfonamides is 1. The van der Waals surface area contributed by atoms with Gasteiger partial charge in [0.2, 0.25) is 10.0 Å². The molecule has 2 aromatic rings. The zero-order valence-corrected chi connectivity index (χ0v) is 17.7. The van der Waals surface area contributed by atoms with Gasteiger partial charge in [-0.3, -0.25) is 4.90 Å². The molecule has 1 saturated heterocycles. The number of aryl methyl sites for hydroxylation is 1. The number of hydrogen-bond acceptors (Lipinski definition) is 5. The van der Waals surface area contributed by atoms with Crippen molar-refractivity contribution in [2.45, 2.75) is 30.8 Å². The van der Waals surface area contributed by atoms with E-state index in [2.05, 4.69) is 34.9 Å². The molecule has 0 unspecified atom stereocenters. The van der Waals surface area contributed by atoms with Crippen LogP contribution >= 0.6 is 0 Å². The van der Waals surface area contributed by atoms with Gasteiger partial charge in [0.25, 0.3) is 0 Å². The van der Waals surface area contributed by atoms with Crippen molar-refractivity contribution in [3.63, 3.8) is 0 Å². The maximum absolute atomic E-state index is 11.4. The summed E-state index contributed by atoms with van der Waals surface area (Å²) < 4.78 is 28.9. The Balaban J connectivity index is 1.31. The molecular formula is C22H29N3O3S.